The minimum Gasteiger partial charge on any atom is -0.506 e. The van der Waals surface area contributed by atoms with Crippen LogP contribution in [0.4, 0.5) is 15.8 Å². The van der Waals surface area contributed by atoms with Crippen LogP contribution in [0, 0.1) is 11.2 Å². The average molecular weight is 430 g/mol. The van der Waals surface area contributed by atoms with Crippen molar-refractivity contribution in [3.8, 4) is 5.75 Å². The van der Waals surface area contributed by atoms with Gasteiger partial charge >= 0.3 is 5.97 Å². The molecule has 0 fully saturated rings. The number of methoxy groups -OCH3 is 1. The van der Waals surface area contributed by atoms with E-state index in [-0.39, 0.29) is 28.5 Å². The summed E-state index contributed by atoms with van der Waals surface area (Å²) >= 11 is 0. The summed E-state index contributed by atoms with van der Waals surface area (Å²) in [6.07, 6.45) is -0.994. The molecule has 2 aromatic rings. The molecule has 0 amide bonds. The maximum absolute atomic E-state index is 15.0. The van der Waals surface area contributed by atoms with Crippen LogP contribution in [0.1, 0.15) is 36.7 Å². The number of aliphatic hydroxyl groups excluding tert-OH is 1. The summed E-state index contributed by atoms with van der Waals surface area (Å²) in [6, 6.07) is 8.56. The van der Waals surface area contributed by atoms with Crippen LogP contribution in [0.3, 0.4) is 0 Å². The lowest BCUT2D eigenvalue weighted by molar-refractivity contribution is -0.0836. The molecule has 1 aliphatic heterocycles. The Hall–Kier alpha value is -3.33. The third-order valence-electron chi connectivity index (χ3n) is 6.15. The van der Waals surface area contributed by atoms with Crippen LogP contribution in [-0.2, 0) is 10.3 Å². The molecular weight excluding hydrogens is 403 g/mol. The number of ether oxygens (including phenoxy) is 1. The number of guanidine groups is 1. The second kappa shape index (κ2) is 7.73. The van der Waals surface area contributed by atoms with Gasteiger partial charge in [-0.25, -0.2) is 14.2 Å². The molecule has 2 unspecified atom stereocenters. The molecule has 0 bridgehead atoms. The van der Waals surface area contributed by atoms with Gasteiger partial charge in [-0.1, -0.05) is 13.8 Å². The van der Waals surface area contributed by atoms with Gasteiger partial charge in [0.15, 0.2) is 5.96 Å². The van der Waals surface area contributed by atoms with Crippen molar-refractivity contribution in [2.45, 2.75) is 32.5 Å². The number of phenolic OH excluding ortho intramolecular Hbond substituents is 1. The molecule has 0 aromatic heterocycles. The number of phenols is 1. The van der Waals surface area contributed by atoms with Crippen LogP contribution >= 0.6 is 0 Å². The molecule has 2 atom stereocenters. The fourth-order valence-corrected chi connectivity index (χ4v) is 3.73. The fourth-order valence-electron chi connectivity index (χ4n) is 3.73. The summed E-state index contributed by atoms with van der Waals surface area (Å²) in [6.45, 7) is 5.29. The number of nitrogens with zero attached hydrogens (tertiary/aromatic N) is 2. The highest BCUT2D eigenvalue weighted by molar-refractivity contribution is 5.91. The van der Waals surface area contributed by atoms with Crippen LogP contribution < -0.4 is 11.1 Å². The molecule has 0 saturated carbocycles. The molecule has 0 saturated heterocycles. The van der Waals surface area contributed by atoms with Gasteiger partial charge in [-0.3, -0.25) is 0 Å². The van der Waals surface area contributed by atoms with E-state index in [0.717, 1.165) is 0 Å². The summed E-state index contributed by atoms with van der Waals surface area (Å²) in [4.78, 5) is 17.8. The topological polar surface area (TPSA) is 120 Å². The van der Waals surface area contributed by atoms with Gasteiger partial charge in [-0.15, -0.1) is 0 Å². The lowest BCUT2D eigenvalue weighted by Crippen LogP contribution is -2.61. The van der Waals surface area contributed by atoms with Gasteiger partial charge in [0.05, 0.1) is 23.9 Å². The highest BCUT2D eigenvalue weighted by Gasteiger charge is 2.53. The number of halogens is 1. The number of hydrogen-bond donors (Lipinski definition) is 4. The van der Waals surface area contributed by atoms with Crippen molar-refractivity contribution in [2.75, 3.05) is 19.5 Å². The van der Waals surface area contributed by atoms with Crippen molar-refractivity contribution in [1.29, 1.82) is 0 Å². The van der Waals surface area contributed by atoms with E-state index in [4.69, 9.17) is 10.5 Å². The van der Waals surface area contributed by atoms with Gasteiger partial charge in [-0.05, 0) is 43.3 Å². The van der Waals surface area contributed by atoms with Gasteiger partial charge in [0, 0.05) is 23.7 Å². The predicted molar refractivity (Wildman–Crippen MR) is 116 cm³/mol. The number of aliphatic imine (C=N–C) groups is 1. The Balaban J connectivity index is 2.07. The normalized spacial score (nSPS) is 22.6. The van der Waals surface area contributed by atoms with Gasteiger partial charge < -0.3 is 30.9 Å². The summed E-state index contributed by atoms with van der Waals surface area (Å²) in [5.74, 6) is -1.07. The Morgan fingerprint density at radius 2 is 1.94 bits per heavy atom. The fraction of sp³-hybridized carbons (Fsp3) is 0.364. The highest BCUT2D eigenvalue weighted by atomic mass is 19.1. The number of anilines is 2. The zero-order chi connectivity index (χ0) is 23.1. The molecule has 2 aromatic carbocycles. The summed E-state index contributed by atoms with van der Waals surface area (Å²) < 4.78 is 19.7. The molecule has 0 aliphatic carbocycles. The molecule has 0 radical (unpaired) electrons. The lowest BCUT2D eigenvalue weighted by atomic mass is 9.67. The number of nitrogens with one attached hydrogen (secondary N) is 1. The highest BCUT2D eigenvalue weighted by Crippen LogP contribution is 2.49. The van der Waals surface area contributed by atoms with Crippen molar-refractivity contribution >= 4 is 23.3 Å². The number of aliphatic hydroxyl groups is 1. The molecule has 0 spiro atoms. The molecule has 31 heavy (non-hydrogen) atoms. The molecule has 166 valence electrons. The van der Waals surface area contributed by atoms with E-state index in [2.05, 4.69) is 10.3 Å². The van der Waals surface area contributed by atoms with Gasteiger partial charge in [0.1, 0.15) is 17.8 Å². The first-order chi connectivity index (χ1) is 14.4. The molecule has 1 aliphatic rings. The van der Waals surface area contributed by atoms with E-state index in [1.54, 1.807) is 33.9 Å². The number of rotatable bonds is 4. The van der Waals surface area contributed by atoms with Crippen LogP contribution in [-0.4, -0.2) is 47.4 Å². The van der Waals surface area contributed by atoms with Crippen molar-refractivity contribution in [2.24, 2.45) is 16.1 Å². The number of carbonyl (C=O) groups is 1. The minimum atomic E-state index is -1.18. The first-order valence-corrected chi connectivity index (χ1v) is 9.67. The monoisotopic (exact) mass is 430 g/mol. The Labute approximate surface area is 180 Å². The summed E-state index contributed by atoms with van der Waals surface area (Å²) in [7, 11) is 2.88. The van der Waals surface area contributed by atoms with Gasteiger partial charge in [-0.2, -0.15) is 0 Å². The van der Waals surface area contributed by atoms with E-state index in [0.29, 0.717) is 5.69 Å². The molecule has 3 rings (SSSR count). The minimum absolute atomic E-state index is 0.0931. The van der Waals surface area contributed by atoms with Crippen LogP contribution in [0.5, 0.6) is 5.75 Å². The standard InChI is InChI=1S/C22H27FN4O4/c1-21(2)19(30)27(4)20(24)26-22(21,3)14-11-13(7-8-15(14)23)25-16-10-12(18(29)31-5)6-9-17(16)28/h6-11,19,25,28,30H,1-5H3,(H2,24,26). The van der Waals surface area contributed by atoms with Crippen LogP contribution in [0.25, 0.3) is 0 Å². The van der Waals surface area contributed by atoms with Gasteiger partial charge in [0.2, 0.25) is 0 Å². The third kappa shape index (κ3) is 3.65. The molecular formula is C22H27FN4O4. The van der Waals surface area contributed by atoms with Gasteiger partial charge in [0.25, 0.3) is 0 Å². The number of benzene rings is 2. The zero-order valence-corrected chi connectivity index (χ0v) is 18.1. The van der Waals surface area contributed by atoms with E-state index in [1.165, 1.54) is 42.3 Å². The Bertz CT molecular complexity index is 1060. The number of aromatic hydroxyl groups is 1. The van der Waals surface area contributed by atoms with Crippen LogP contribution in [0.15, 0.2) is 41.4 Å². The second-order valence-electron chi connectivity index (χ2n) is 8.29. The maximum Gasteiger partial charge on any atom is 0.337 e. The van der Waals surface area contributed by atoms with E-state index in [9.17, 15) is 19.4 Å². The Morgan fingerprint density at radius 3 is 2.58 bits per heavy atom. The average Bonchev–Trinajstić information content (AvgIpc) is 2.73. The quantitative estimate of drug-likeness (QED) is 0.435. The largest absolute Gasteiger partial charge is 0.506 e. The first-order valence-electron chi connectivity index (χ1n) is 9.67. The van der Waals surface area contributed by atoms with Crippen LogP contribution in [0.2, 0.25) is 0 Å². The SMILES string of the molecule is COC(=O)c1ccc(O)c(Nc2ccc(F)c(C3(C)N=C(N)N(C)C(O)C3(C)C)c2)c1. The maximum atomic E-state index is 15.0. The van der Waals surface area contributed by atoms with Crippen molar-refractivity contribution in [1.82, 2.24) is 4.90 Å². The second-order valence-corrected chi connectivity index (χ2v) is 8.29. The van der Waals surface area contributed by atoms with Crippen molar-refractivity contribution in [3.05, 3.63) is 53.3 Å². The number of nitrogens with two attached hydrogens (primary N) is 1. The van der Waals surface area contributed by atoms with E-state index < -0.39 is 29.0 Å². The van der Waals surface area contributed by atoms with Crippen molar-refractivity contribution < 1.29 is 24.1 Å². The smallest absolute Gasteiger partial charge is 0.337 e. The molecule has 9 heteroatoms. The Kier molecular flexibility index (Phi) is 5.58. The third-order valence-corrected chi connectivity index (χ3v) is 6.15. The first kappa shape index (κ1) is 22.4. The van der Waals surface area contributed by atoms with E-state index in [1.807, 2.05) is 0 Å². The number of esters is 1. The zero-order valence-electron chi connectivity index (χ0n) is 18.1. The summed E-state index contributed by atoms with van der Waals surface area (Å²) in [5.41, 5.74) is 5.09. The van der Waals surface area contributed by atoms with E-state index >= 15 is 0 Å². The molecule has 8 nitrogen and oxygen atoms in total. The number of carbonyl (C=O) groups excluding carboxylic acids is 1. The molecule has 1 heterocycles. The Morgan fingerprint density at radius 1 is 1.26 bits per heavy atom. The molecule has 5 N–H and O–H groups in total. The number of hydrogen-bond acceptors (Lipinski definition) is 8. The van der Waals surface area contributed by atoms with Crippen molar-refractivity contribution in [3.63, 3.8) is 0 Å². The lowest BCUT2D eigenvalue weighted by Gasteiger charge is -2.51. The predicted octanol–water partition coefficient (Wildman–Crippen LogP) is 2.88. The summed E-state index contributed by atoms with van der Waals surface area (Å²) in [5, 5.41) is 23.9.